The van der Waals surface area contributed by atoms with E-state index >= 15 is 0 Å². The molecule has 1 unspecified atom stereocenters. The van der Waals surface area contributed by atoms with Crippen LogP contribution in [0.2, 0.25) is 0 Å². The quantitative estimate of drug-likeness (QED) is 0.890. The first kappa shape index (κ1) is 17.5. The summed E-state index contributed by atoms with van der Waals surface area (Å²) in [5, 5.41) is 7.11. The molecule has 0 aromatic carbocycles. The molecule has 0 aliphatic carbocycles. The number of nitrogens with zero attached hydrogens (tertiary/aromatic N) is 4. The average molecular weight is 343 g/mol. The summed E-state index contributed by atoms with van der Waals surface area (Å²) in [4.78, 5) is 23.0. The predicted octanol–water partition coefficient (Wildman–Crippen LogP) is 1.53. The van der Waals surface area contributed by atoms with Crippen molar-refractivity contribution >= 4 is 5.91 Å². The third-order valence-electron chi connectivity index (χ3n) is 4.68. The van der Waals surface area contributed by atoms with Crippen LogP contribution in [-0.4, -0.2) is 56.8 Å². The summed E-state index contributed by atoms with van der Waals surface area (Å²) < 4.78 is 5.84. The van der Waals surface area contributed by atoms with E-state index in [0.29, 0.717) is 26.1 Å². The number of nitrogens with one attached hydrogen (secondary N) is 1. The van der Waals surface area contributed by atoms with E-state index in [1.807, 2.05) is 31.7 Å². The fourth-order valence-electron chi connectivity index (χ4n) is 3.17. The van der Waals surface area contributed by atoms with E-state index in [-0.39, 0.29) is 12.0 Å². The van der Waals surface area contributed by atoms with E-state index in [1.165, 1.54) is 0 Å². The summed E-state index contributed by atoms with van der Waals surface area (Å²) in [5.41, 5.74) is 4.86. The van der Waals surface area contributed by atoms with Crippen molar-refractivity contribution in [2.45, 2.75) is 46.1 Å². The maximum Gasteiger partial charge on any atom is 0.227 e. The Balaban J connectivity index is 1.54. The topological polar surface area (TPSA) is 84.0 Å². The van der Waals surface area contributed by atoms with Gasteiger partial charge in [-0.25, -0.2) is 9.97 Å². The summed E-state index contributed by atoms with van der Waals surface area (Å²) in [5.74, 6) is 0.138. The summed E-state index contributed by atoms with van der Waals surface area (Å²) >= 11 is 0. The van der Waals surface area contributed by atoms with E-state index in [0.717, 1.165) is 41.2 Å². The SMILES string of the molecule is Cc1cc(CCC2CN(C(=O)Cc3c(C)n[nH]c3C)CCO2)ncn1. The zero-order valence-electron chi connectivity index (χ0n) is 15.1. The lowest BCUT2D eigenvalue weighted by Crippen LogP contribution is -2.46. The summed E-state index contributed by atoms with van der Waals surface area (Å²) in [6.45, 7) is 7.72. The predicted molar refractivity (Wildman–Crippen MR) is 93.2 cm³/mol. The van der Waals surface area contributed by atoms with Crippen LogP contribution >= 0.6 is 0 Å². The summed E-state index contributed by atoms with van der Waals surface area (Å²) in [6, 6.07) is 2.00. The molecule has 1 aliphatic heterocycles. The second-order valence-corrected chi connectivity index (χ2v) is 6.61. The molecule has 1 aliphatic rings. The van der Waals surface area contributed by atoms with Crippen LogP contribution in [0, 0.1) is 20.8 Å². The standard InChI is InChI=1S/C18H25N5O2/c1-12-8-15(20-11-19-12)4-5-16-10-23(6-7-25-16)18(24)9-17-13(2)21-22-14(17)3/h8,11,16H,4-7,9-10H2,1-3H3,(H,21,22). The van der Waals surface area contributed by atoms with Crippen molar-refractivity contribution in [3.63, 3.8) is 0 Å². The number of aryl methyl sites for hydroxylation is 4. The Hall–Kier alpha value is -2.28. The molecule has 2 aromatic heterocycles. The molecule has 0 bridgehead atoms. The highest BCUT2D eigenvalue weighted by Gasteiger charge is 2.25. The normalized spacial score (nSPS) is 17.7. The number of carbonyl (C=O) groups excluding carboxylic acids is 1. The van der Waals surface area contributed by atoms with Crippen molar-refractivity contribution < 1.29 is 9.53 Å². The van der Waals surface area contributed by atoms with Gasteiger partial charge in [0.05, 0.1) is 24.8 Å². The Labute approximate surface area is 147 Å². The van der Waals surface area contributed by atoms with Gasteiger partial charge in [-0.05, 0) is 39.7 Å². The van der Waals surface area contributed by atoms with Gasteiger partial charge in [0, 0.05) is 35.7 Å². The number of rotatable bonds is 5. The molecule has 1 saturated heterocycles. The number of H-pyrrole nitrogens is 1. The van der Waals surface area contributed by atoms with E-state index in [9.17, 15) is 4.79 Å². The summed E-state index contributed by atoms with van der Waals surface area (Å²) in [6.07, 6.45) is 3.73. The summed E-state index contributed by atoms with van der Waals surface area (Å²) in [7, 11) is 0. The molecule has 1 atom stereocenters. The van der Waals surface area contributed by atoms with Crippen LogP contribution in [0.4, 0.5) is 0 Å². The molecule has 2 aromatic rings. The maximum atomic E-state index is 12.6. The first-order valence-corrected chi connectivity index (χ1v) is 8.70. The van der Waals surface area contributed by atoms with Crippen molar-refractivity contribution in [3.8, 4) is 0 Å². The smallest absolute Gasteiger partial charge is 0.227 e. The minimum Gasteiger partial charge on any atom is -0.375 e. The Morgan fingerprint density at radius 2 is 2.20 bits per heavy atom. The number of aromatic nitrogens is 4. The molecule has 0 spiro atoms. The molecule has 1 N–H and O–H groups in total. The third kappa shape index (κ3) is 4.42. The number of hydrogen-bond acceptors (Lipinski definition) is 5. The van der Waals surface area contributed by atoms with Gasteiger partial charge in [-0.2, -0.15) is 5.10 Å². The highest BCUT2D eigenvalue weighted by molar-refractivity contribution is 5.79. The lowest BCUT2D eigenvalue weighted by atomic mass is 10.1. The Kier molecular flexibility index (Phi) is 5.43. The fourth-order valence-corrected chi connectivity index (χ4v) is 3.17. The average Bonchev–Trinajstić information content (AvgIpc) is 2.92. The Morgan fingerprint density at radius 3 is 2.92 bits per heavy atom. The highest BCUT2D eigenvalue weighted by atomic mass is 16.5. The van der Waals surface area contributed by atoms with Crippen LogP contribution in [-0.2, 0) is 22.4 Å². The van der Waals surface area contributed by atoms with Gasteiger partial charge in [-0.1, -0.05) is 0 Å². The molecule has 1 amide bonds. The zero-order valence-corrected chi connectivity index (χ0v) is 15.1. The molecule has 134 valence electrons. The minimum absolute atomic E-state index is 0.0551. The van der Waals surface area contributed by atoms with Gasteiger partial charge >= 0.3 is 0 Å². The van der Waals surface area contributed by atoms with E-state index in [1.54, 1.807) is 6.33 Å². The molecular weight excluding hydrogens is 318 g/mol. The van der Waals surface area contributed by atoms with Crippen LogP contribution in [0.3, 0.4) is 0 Å². The Bertz CT molecular complexity index is 723. The molecule has 7 heteroatoms. The van der Waals surface area contributed by atoms with Gasteiger partial charge in [0.2, 0.25) is 5.91 Å². The van der Waals surface area contributed by atoms with Gasteiger partial charge < -0.3 is 9.64 Å². The molecular formula is C18H25N5O2. The number of carbonyl (C=O) groups is 1. The number of ether oxygens (including phenoxy) is 1. The number of morpholine rings is 1. The van der Waals surface area contributed by atoms with Crippen LogP contribution in [0.1, 0.15) is 34.8 Å². The first-order valence-electron chi connectivity index (χ1n) is 8.70. The van der Waals surface area contributed by atoms with E-state index < -0.39 is 0 Å². The third-order valence-corrected chi connectivity index (χ3v) is 4.68. The molecule has 3 heterocycles. The van der Waals surface area contributed by atoms with Crippen molar-refractivity contribution in [2.24, 2.45) is 0 Å². The molecule has 1 fully saturated rings. The van der Waals surface area contributed by atoms with Gasteiger partial charge in [0.1, 0.15) is 6.33 Å². The van der Waals surface area contributed by atoms with Crippen LogP contribution in [0.25, 0.3) is 0 Å². The van der Waals surface area contributed by atoms with Crippen LogP contribution in [0.5, 0.6) is 0 Å². The van der Waals surface area contributed by atoms with E-state index in [2.05, 4.69) is 20.2 Å². The van der Waals surface area contributed by atoms with Crippen molar-refractivity contribution in [3.05, 3.63) is 40.7 Å². The van der Waals surface area contributed by atoms with Crippen molar-refractivity contribution in [2.75, 3.05) is 19.7 Å². The number of hydrogen-bond donors (Lipinski definition) is 1. The highest BCUT2D eigenvalue weighted by Crippen LogP contribution is 2.16. The maximum absolute atomic E-state index is 12.6. The van der Waals surface area contributed by atoms with Gasteiger partial charge in [0.15, 0.2) is 0 Å². The van der Waals surface area contributed by atoms with Crippen LogP contribution < -0.4 is 0 Å². The zero-order chi connectivity index (χ0) is 17.8. The monoisotopic (exact) mass is 343 g/mol. The van der Waals surface area contributed by atoms with Gasteiger partial charge in [0.25, 0.3) is 0 Å². The van der Waals surface area contributed by atoms with E-state index in [4.69, 9.17) is 4.74 Å². The van der Waals surface area contributed by atoms with Gasteiger partial charge in [-0.3, -0.25) is 9.89 Å². The molecule has 0 radical (unpaired) electrons. The molecule has 0 saturated carbocycles. The van der Waals surface area contributed by atoms with Crippen molar-refractivity contribution in [1.29, 1.82) is 0 Å². The Morgan fingerprint density at radius 1 is 1.36 bits per heavy atom. The second-order valence-electron chi connectivity index (χ2n) is 6.61. The molecule has 7 nitrogen and oxygen atoms in total. The lowest BCUT2D eigenvalue weighted by Gasteiger charge is -2.33. The molecule has 25 heavy (non-hydrogen) atoms. The van der Waals surface area contributed by atoms with Crippen LogP contribution in [0.15, 0.2) is 12.4 Å². The van der Waals surface area contributed by atoms with Gasteiger partial charge in [-0.15, -0.1) is 0 Å². The number of aromatic amines is 1. The number of amides is 1. The first-order chi connectivity index (χ1) is 12.0. The largest absolute Gasteiger partial charge is 0.375 e. The molecule has 3 rings (SSSR count). The van der Waals surface area contributed by atoms with Crippen molar-refractivity contribution in [1.82, 2.24) is 25.1 Å². The fraction of sp³-hybridized carbons (Fsp3) is 0.556. The minimum atomic E-state index is 0.0551. The second kappa shape index (κ2) is 7.74. The lowest BCUT2D eigenvalue weighted by molar-refractivity contribution is -0.138.